The molecule has 1 saturated heterocycles. The lowest BCUT2D eigenvalue weighted by Gasteiger charge is -2.26. The first-order valence-electron chi connectivity index (χ1n) is 12.4. The third kappa shape index (κ3) is 5.11. The van der Waals surface area contributed by atoms with E-state index in [0.717, 1.165) is 39.8 Å². The molecule has 8 heteroatoms. The summed E-state index contributed by atoms with van der Waals surface area (Å²) < 4.78 is 12.5. The molecule has 0 radical (unpaired) electrons. The van der Waals surface area contributed by atoms with Crippen LogP contribution >= 0.6 is 35.4 Å². The predicted octanol–water partition coefficient (Wildman–Crippen LogP) is 8.93. The minimum absolute atomic E-state index is 0.227. The number of para-hydroxylation sites is 1. The number of nitrogens with zero attached hydrogens (tertiary/aromatic N) is 2. The highest BCUT2D eigenvalue weighted by atomic mass is 35.5. The van der Waals surface area contributed by atoms with Crippen LogP contribution in [0.4, 0.5) is 5.69 Å². The Morgan fingerprint density at radius 2 is 1.69 bits per heavy atom. The second kappa shape index (κ2) is 10.7. The van der Waals surface area contributed by atoms with E-state index in [1.807, 2.05) is 91.9 Å². The Morgan fingerprint density at radius 1 is 0.897 bits per heavy atom. The molecule has 1 N–H and O–H groups in total. The van der Waals surface area contributed by atoms with Gasteiger partial charge in [0.05, 0.1) is 21.8 Å². The van der Waals surface area contributed by atoms with E-state index in [1.54, 1.807) is 18.3 Å². The summed E-state index contributed by atoms with van der Waals surface area (Å²) in [6.07, 6.45) is 1.78. The molecule has 0 unspecified atom stereocenters. The van der Waals surface area contributed by atoms with Crippen molar-refractivity contribution < 1.29 is 9.15 Å². The highest BCUT2D eigenvalue weighted by molar-refractivity contribution is 7.80. The van der Waals surface area contributed by atoms with Crippen LogP contribution < -0.4 is 15.0 Å². The van der Waals surface area contributed by atoms with Gasteiger partial charge in [-0.15, -0.1) is 0 Å². The molecule has 3 heterocycles. The third-order valence-electron chi connectivity index (χ3n) is 6.66. The second-order valence-electron chi connectivity index (χ2n) is 9.19. The summed E-state index contributed by atoms with van der Waals surface area (Å²) in [6, 6.07) is 30.5. The lowest BCUT2D eigenvalue weighted by Crippen LogP contribution is -2.29. The van der Waals surface area contributed by atoms with E-state index < -0.39 is 0 Å². The van der Waals surface area contributed by atoms with Crippen LogP contribution in [0.5, 0.6) is 11.5 Å². The van der Waals surface area contributed by atoms with Gasteiger partial charge in [0.1, 0.15) is 29.1 Å². The van der Waals surface area contributed by atoms with E-state index in [2.05, 4.69) is 15.2 Å². The Labute approximate surface area is 242 Å². The van der Waals surface area contributed by atoms with E-state index in [4.69, 9.17) is 44.6 Å². The Kier molecular flexibility index (Phi) is 7.00. The van der Waals surface area contributed by atoms with Crippen molar-refractivity contribution in [2.75, 3.05) is 4.90 Å². The number of hydrogen-bond acceptors (Lipinski definition) is 4. The van der Waals surface area contributed by atoms with Gasteiger partial charge in [0, 0.05) is 17.4 Å². The van der Waals surface area contributed by atoms with Crippen LogP contribution in [0.2, 0.25) is 10.0 Å². The van der Waals surface area contributed by atoms with Gasteiger partial charge in [0.15, 0.2) is 5.11 Å². The first-order valence-corrected chi connectivity index (χ1v) is 13.5. The summed E-state index contributed by atoms with van der Waals surface area (Å²) >= 11 is 18.2. The normalized spacial score (nSPS) is 16.8. The van der Waals surface area contributed by atoms with Crippen molar-refractivity contribution in [3.8, 4) is 22.8 Å². The summed E-state index contributed by atoms with van der Waals surface area (Å²) in [5.74, 6) is 2.98. The Bertz CT molecular complexity index is 1640. The number of thiocarbonyl (C=S) groups is 1. The number of pyridine rings is 1. The van der Waals surface area contributed by atoms with Crippen molar-refractivity contribution in [2.45, 2.75) is 19.0 Å². The minimum Gasteiger partial charge on any atom is -0.459 e. The Morgan fingerprint density at radius 3 is 2.44 bits per heavy atom. The van der Waals surface area contributed by atoms with Crippen molar-refractivity contribution in [3.63, 3.8) is 0 Å². The summed E-state index contributed by atoms with van der Waals surface area (Å²) in [5.41, 5.74) is 3.67. The number of hydrogen-bond donors (Lipinski definition) is 1. The monoisotopic (exact) mass is 571 g/mol. The molecule has 5 nitrogen and oxygen atoms in total. The van der Waals surface area contributed by atoms with Crippen molar-refractivity contribution in [1.29, 1.82) is 0 Å². The zero-order valence-corrected chi connectivity index (χ0v) is 23.2. The van der Waals surface area contributed by atoms with Gasteiger partial charge in [0.2, 0.25) is 0 Å². The number of anilines is 1. The summed E-state index contributed by atoms with van der Waals surface area (Å²) in [6.45, 7) is 2.02. The van der Waals surface area contributed by atoms with E-state index >= 15 is 0 Å². The fourth-order valence-electron chi connectivity index (χ4n) is 4.71. The number of ether oxygens (including phenoxy) is 1. The Balaban J connectivity index is 1.36. The molecule has 1 aliphatic heterocycles. The van der Waals surface area contributed by atoms with Crippen molar-refractivity contribution in [3.05, 3.63) is 130 Å². The fourth-order valence-corrected chi connectivity index (χ4v) is 5.35. The van der Waals surface area contributed by atoms with Crippen molar-refractivity contribution in [2.24, 2.45) is 0 Å². The van der Waals surface area contributed by atoms with Gasteiger partial charge in [-0.3, -0.25) is 4.98 Å². The highest BCUT2D eigenvalue weighted by Gasteiger charge is 2.42. The van der Waals surface area contributed by atoms with Gasteiger partial charge in [0.25, 0.3) is 0 Å². The zero-order valence-electron chi connectivity index (χ0n) is 20.8. The quantitative estimate of drug-likeness (QED) is 0.205. The first-order chi connectivity index (χ1) is 19.0. The molecule has 2 atom stereocenters. The number of halogens is 2. The van der Waals surface area contributed by atoms with Gasteiger partial charge in [-0.05, 0) is 97.5 Å². The fraction of sp³-hybridized carbons (Fsp3) is 0.0968. The number of rotatable bonds is 6. The van der Waals surface area contributed by atoms with Gasteiger partial charge in [-0.2, -0.15) is 0 Å². The average molecular weight is 573 g/mol. The van der Waals surface area contributed by atoms with E-state index in [1.165, 1.54) is 0 Å². The van der Waals surface area contributed by atoms with Gasteiger partial charge >= 0.3 is 0 Å². The van der Waals surface area contributed by atoms with Crippen LogP contribution in [-0.4, -0.2) is 10.1 Å². The molecule has 0 spiro atoms. The van der Waals surface area contributed by atoms with Gasteiger partial charge in [-0.1, -0.05) is 47.5 Å². The maximum absolute atomic E-state index is 6.42. The molecule has 3 aromatic carbocycles. The first kappa shape index (κ1) is 25.4. The van der Waals surface area contributed by atoms with E-state index in [0.29, 0.717) is 20.9 Å². The largest absolute Gasteiger partial charge is 0.459 e. The lowest BCUT2D eigenvalue weighted by atomic mass is 10.0. The molecule has 1 fully saturated rings. The highest BCUT2D eigenvalue weighted by Crippen LogP contribution is 2.43. The van der Waals surface area contributed by atoms with Crippen LogP contribution in [0.15, 0.2) is 108 Å². The molecule has 5 aromatic rings. The minimum atomic E-state index is -0.285. The lowest BCUT2D eigenvalue weighted by molar-refractivity contribution is 0.439. The molecule has 39 heavy (non-hydrogen) atoms. The topological polar surface area (TPSA) is 50.5 Å². The van der Waals surface area contributed by atoms with Gasteiger partial charge < -0.3 is 19.4 Å². The molecule has 0 aliphatic carbocycles. The standard InChI is InChI=1S/C31H23Cl2N3O2S/c1-19-6-2-3-8-26(19)37-22-12-10-21(11-13-22)36-30(29(35-31(36)39)25-7-4-5-17-34-25)28-16-15-27(38-28)20-9-14-23(32)24(33)18-20/h2-18,29-30H,1H3,(H,35,39)/t29-,30+/m1/s1. The number of aromatic nitrogens is 1. The number of nitrogens with one attached hydrogen (secondary N) is 1. The molecule has 6 rings (SSSR count). The van der Waals surface area contributed by atoms with E-state index in [9.17, 15) is 0 Å². The van der Waals surface area contributed by atoms with Crippen LogP contribution in [-0.2, 0) is 0 Å². The predicted molar refractivity (Wildman–Crippen MR) is 160 cm³/mol. The molecule has 1 aliphatic rings. The number of furan rings is 1. The Hall–Kier alpha value is -3.84. The van der Waals surface area contributed by atoms with Crippen LogP contribution in [0.1, 0.15) is 29.1 Å². The molecule has 0 bridgehead atoms. The maximum atomic E-state index is 6.42. The molecule has 0 saturated carbocycles. The van der Waals surface area contributed by atoms with Crippen LogP contribution in [0, 0.1) is 6.92 Å². The summed E-state index contributed by atoms with van der Waals surface area (Å²) in [7, 11) is 0. The number of benzene rings is 3. The van der Waals surface area contributed by atoms with Gasteiger partial charge in [-0.25, -0.2) is 0 Å². The van der Waals surface area contributed by atoms with E-state index in [-0.39, 0.29) is 12.1 Å². The second-order valence-corrected chi connectivity index (χ2v) is 10.4. The third-order valence-corrected chi connectivity index (χ3v) is 7.71. The zero-order chi connectivity index (χ0) is 26.9. The SMILES string of the molecule is Cc1ccccc1Oc1ccc(N2C(=S)N[C@H](c3ccccn3)[C@@H]2c2ccc(-c3ccc(Cl)c(Cl)c3)o2)cc1. The van der Waals surface area contributed by atoms with Crippen LogP contribution in [0.3, 0.4) is 0 Å². The molecular weight excluding hydrogens is 549 g/mol. The number of aryl methyl sites for hydroxylation is 1. The molecule has 194 valence electrons. The van der Waals surface area contributed by atoms with Crippen LogP contribution in [0.25, 0.3) is 11.3 Å². The average Bonchev–Trinajstić information content (AvgIpc) is 3.57. The van der Waals surface area contributed by atoms with Crippen molar-refractivity contribution in [1.82, 2.24) is 10.3 Å². The molecule has 0 amide bonds. The van der Waals surface area contributed by atoms with Crippen molar-refractivity contribution >= 4 is 46.2 Å². The smallest absolute Gasteiger partial charge is 0.174 e. The summed E-state index contributed by atoms with van der Waals surface area (Å²) in [5, 5.41) is 5.00. The molecular formula is C31H23Cl2N3O2S. The molecule has 2 aromatic heterocycles. The summed E-state index contributed by atoms with van der Waals surface area (Å²) in [4.78, 5) is 6.67. The maximum Gasteiger partial charge on any atom is 0.174 e.